The van der Waals surface area contributed by atoms with E-state index in [2.05, 4.69) is 32.4 Å². The van der Waals surface area contributed by atoms with E-state index in [4.69, 9.17) is 9.47 Å². The second-order valence-corrected chi connectivity index (χ2v) is 6.96. The molecule has 1 fully saturated rings. The molecule has 2 heterocycles. The molecule has 1 N–H and O–H groups in total. The maximum atomic E-state index is 5.92. The van der Waals surface area contributed by atoms with Crippen molar-refractivity contribution in [2.75, 3.05) is 26.7 Å². The number of hydrogen-bond donors (Lipinski definition) is 1. The number of benzene rings is 1. The molecule has 28 heavy (non-hydrogen) atoms. The Hall–Kier alpha value is -1.81. The number of aromatic nitrogens is 2. The van der Waals surface area contributed by atoms with Crippen LogP contribution < -0.4 is 10.1 Å². The molecule has 0 spiro atoms. The number of aryl methyl sites for hydroxylation is 1. The van der Waals surface area contributed by atoms with Crippen molar-refractivity contribution in [3.8, 4) is 5.75 Å². The number of guanidine groups is 1. The lowest BCUT2D eigenvalue weighted by Crippen LogP contribution is -2.47. The van der Waals surface area contributed by atoms with Crippen LogP contribution in [0.4, 0.5) is 0 Å². The standard InChI is InChI=1S/C20H29N5O2.HI/c1-15(2)27-18-7-5-16(6-8-18)11-22-20(21-3)25-9-10-26-19(14-25)17-12-23-24(4)13-17;/h5-8,12-13,15,19H,9-11,14H2,1-4H3,(H,21,22);1H. The number of halogens is 1. The van der Waals surface area contributed by atoms with E-state index in [0.29, 0.717) is 13.2 Å². The zero-order valence-electron chi connectivity index (χ0n) is 17.0. The number of nitrogens with zero attached hydrogens (tertiary/aromatic N) is 4. The summed E-state index contributed by atoms with van der Waals surface area (Å²) in [5.74, 6) is 1.78. The molecular weight excluding hydrogens is 469 g/mol. The summed E-state index contributed by atoms with van der Waals surface area (Å²) in [4.78, 5) is 6.68. The first-order chi connectivity index (χ1) is 13.0. The molecule has 1 atom stereocenters. The van der Waals surface area contributed by atoms with Crippen LogP contribution in [0.3, 0.4) is 0 Å². The van der Waals surface area contributed by atoms with Gasteiger partial charge < -0.3 is 19.7 Å². The van der Waals surface area contributed by atoms with Gasteiger partial charge in [0.25, 0.3) is 0 Å². The number of nitrogens with one attached hydrogen (secondary N) is 1. The fourth-order valence-corrected chi connectivity index (χ4v) is 3.12. The molecule has 1 aliphatic heterocycles. The third kappa shape index (κ3) is 6.10. The fourth-order valence-electron chi connectivity index (χ4n) is 3.12. The van der Waals surface area contributed by atoms with Crippen molar-refractivity contribution in [3.05, 3.63) is 47.8 Å². The highest BCUT2D eigenvalue weighted by Gasteiger charge is 2.25. The van der Waals surface area contributed by atoms with Crippen LogP contribution in [0.15, 0.2) is 41.7 Å². The largest absolute Gasteiger partial charge is 0.491 e. The third-order valence-electron chi connectivity index (χ3n) is 4.42. The normalized spacial score (nSPS) is 17.4. The van der Waals surface area contributed by atoms with Crippen molar-refractivity contribution in [2.45, 2.75) is 32.6 Å². The van der Waals surface area contributed by atoms with Crippen LogP contribution in [-0.4, -0.2) is 53.5 Å². The van der Waals surface area contributed by atoms with Crippen molar-refractivity contribution >= 4 is 29.9 Å². The van der Waals surface area contributed by atoms with E-state index < -0.39 is 0 Å². The number of ether oxygens (including phenoxy) is 2. The Morgan fingerprint density at radius 2 is 2.11 bits per heavy atom. The number of hydrogen-bond acceptors (Lipinski definition) is 4. The Morgan fingerprint density at radius 3 is 2.71 bits per heavy atom. The second-order valence-electron chi connectivity index (χ2n) is 6.96. The zero-order chi connectivity index (χ0) is 19.2. The lowest BCUT2D eigenvalue weighted by Gasteiger charge is -2.34. The van der Waals surface area contributed by atoms with Gasteiger partial charge in [-0.1, -0.05) is 12.1 Å². The number of rotatable bonds is 5. The van der Waals surface area contributed by atoms with Gasteiger partial charge in [-0.15, -0.1) is 24.0 Å². The Labute approximate surface area is 184 Å². The van der Waals surface area contributed by atoms with Crippen molar-refractivity contribution in [2.24, 2.45) is 12.0 Å². The Balaban J connectivity index is 0.00000280. The van der Waals surface area contributed by atoms with Crippen LogP contribution in [0.1, 0.15) is 31.1 Å². The molecule has 1 unspecified atom stereocenters. The maximum Gasteiger partial charge on any atom is 0.194 e. The summed E-state index contributed by atoms with van der Waals surface area (Å²) in [6.07, 6.45) is 4.07. The van der Waals surface area contributed by atoms with E-state index in [9.17, 15) is 0 Å². The van der Waals surface area contributed by atoms with Crippen LogP contribution in [-0.2, 0) is 18.3 Å². The molecule has 1 aliphatic rings. The predicted molar refractivity (Wildman–Crippen MR) is 121 cm³/mol. The molecule has 0 radical (unpaired) electrons. The highest BCUT2D eigenvalue weighted by atomic mass is 127. The van der Waals surface area contributed by atoms with Crippen LogP contribution in [0.2, 0.25) is 0 Å². The van der Waals surface area contributed by atoms with Gasteiger partial charge in [0, 0.05) is 38.9 Å². The average Bonchev–Trinajstić information content (AvgIpc) is 3.10. The van der Waals surface area contributed by atoms with Gasteiger partial charge in [0.15, 0.2) is 5.96 Å². The first-order valence-corrected chi connectivity index (χ1v) is 9.36. The SMILES string of the molecule is CN=C(NCc1ccc(OC(C)C)cc1)N1CCOC(c2cnn(C)c2)C1.I. The lowest BCUT2D eigenvalue weighted by atomic mass is 10.1. The van der Waals surface area contributed by atoms with E-state index in [0.717, 1.165) is 30.4 Å². The van der Waals surface area contributed by atoms with E-state index in [1.54, 1.807) is 4.68 Å². The minimum absolute atomic E-state index is 0. The van der Waals surface area contributed by atoms with Crippen molar-refractivity contribution in [3.63, 3.8) is 0 Å². The van der Waals surface area contributed by atoms with Gasteiger partial charge in [-0.3, -0.25) is 9.67 Å². The molecule has 8 heteroatoms. The molecule has 0 bridgehead atoms. The molecule has 1 aromatic carbocycles. The van der Waals surface area contributed by atoms with Gasteiger partial charge in [0.2, 0.25) is 0 Å². The molecule has 1 saturated heterocycles. The van der Waals surface area contributed by atoms with Gasteiger partial charge in [-0.2, -0.15) is 5.10 Å². The van der Waals surface area contributed by atoms with Crippen molar-refractivity contribution in [1.29, 1.82) is 0 Å². The van der Waals surface area contributed by atoms with Gasteiger partial charge in [-0.25, -0.2) is 0 Å². The first kappa shape index (κ1) is 22.5. The Morgan fingerprint density at radius 1 is 1.36 bits per heavy atom. The molecule has 1 aromatic heterocycles. The molecule has 0 saturated carbocycles. The van der Waals surface area contributed by atoms with E-state index in [-0.39, 0.29) is 36.2 Å². The van der Waals surface area contributed by atoms with Gasteiger partial charge >= 0.3 is 0 Å². The molecule has 3 rings (SSSR count). The fraction of sp³-hybridized carbons (Fsp3) is 0.500. The Bertz CT molecular complexity index is 760. The molecule has 2 aromatic rings. The summed E-state index contributed by atoms with van der Waals surface area (Å²) in [5.41, 5.74) is 2.28. The minimum atomic E-state index is 0. The van der Waals surface area contributed by atoms with Crippen LogP contribution >= 0.6 is 24.0 Å². The van der Waals surface area contributed by atoms with Gasteiger partial charge in [0.1, 0.15) is 11.9 Å². The van der Waals surface area contributed by atoms with E-state index in [1.165, 1.54) is 5.56 Å². The Kier molecular flexibility index (Phi) is 8.56. The molecule has 0 amide bonds. The van der Waals surface area contributed by atoms with E-state index >= 15 is 0 Å². The molecule has 154 valence electrons. The summed E-state index contributed by atoms with van der Waals surface area (Å²) in [5, 5.41) is 7.70. The van der Waals surface area contributed by atoms with Gasteiger partial charge in [-0.05, 0) is 31.5 Å². The lowest BCUT2D eigenvalue weighted by molar-refractivity contribution is -0.00805. The minimum Gasteiger partial charge on any atom is -0.491 e. The summed E-state index contributed by atoms with van der Waals surface area (Å²) in [6, 6.07) is 8.17. The molecule has 0 aliphatic carbocycles. The first-order valence-electron chi connectivity index (χ1n) is 9.36. The van der Waals surface area contributed by atoms with Gasteiger partial charge in [0.05, 0.1) is 25.5 Å². The van der Waals surface area contributed by atoms with Crippen LogP contribution in [0.5, 0.6) is 5.75 Å². The second kappa shape index (κ2) is 10.7. The zero-order valence-corrected chi connectivity index (χ0v) is 19.3. The highest BCUT2D eigenvalue weighted by molar-refractivity contribution is 14.0. The topological polar surface area (TPSA) is 63.9 Å². The molecule has 7 nitrogen and oxygen atoms in total. The summed E-state index contributed by atoms with van der Waals surface area (Å²) >= 11 is 0. The molecular formula is C20H30IN5O2. The van der Waals surface area contributed by atoms with Crippen LogP contribution in [0, 0.1) is 0 Å². The van der Waals surface area contributed by atoms with Crippen molar-refractivity contribution in [1.82, 2.24) is 20.0 Å². The third-order valence-corrected chi connectivity index (χ3v) is 4.42. The summed E-state index contributed by atoms with van der Waals surface area (Å²) in [6.45, 7) is 7.01. The maximum absolute atomic E-state index is 5.92. The van der Waals surface area contributed by atoms with Crippen molar-refractivity contribution < 1.29 is 9.47 Å². The predicted octanol–water partition coefficient (Wildman–Crippen LogP) is 2.97. The summed E-state index contributed by atoms with van der Waals surface area (Å²) in [7, 11) is 3.73. The smallest absolute Gasteiger partial charge is 0.194 e. The average molecular weight is 499 g/mol. The monoisotopic (exact) mass is 499 g/mol. The number of morpholine rings is 1. The number of aliphatic imine (C=N–C) groups is 1. The highest BCUT2D eigenvalue weighted by Crippen LogP contribution is 2.21. The quantitative estimate of drug-likeness (QED) is 0.390. The van der Waals surface area contributed by atoms with E-state index in [1.807, 2.05) is 52.5 Å². The van der Waals surface area contributed by atoms with Crippen LogP contribution in [0.25, 0.3) is 0 Å². The summed E-state index contributed by atoms with van der Waals surface area (Å²) < 4.78 is 13.4.